The number of rotatable bonds is 11. The number of halogens is 2. The third-order valence-electron chi connectivity index (χ3n) is 4.27. The van der Waals surface area contributed by atoms with E-state index in [1.54, 1.807) is 24.3 Å². The first-order valence-corrected chi connectivity index (χ1v) is 12.9. The van der Waals surface area contributed by atoms with Gasteiger partial charge in [-0.3, -0.25) is 14.4 Å². The van der Waals surface area contributed by atoms with E-state index in [0.717, 1.165) is 21.8 Å². The summed E-state index contributed by atoms with van der Waals surface area (Å²) in [6.07, 6.45) is 2.90. The summed E-state index contributed by atoms with van der Waals surface area (Å²) in [4.78, 5) is 35.7. The van der Waals surface area contributed by atoms with Crippen molar-refractivity contribution in [2.45, 2.75) is 37.4 Å². The van der Waals surface area contributed by atoms with Gasteiger partial charge in [0, 0.05) is 37.5 Å². The molecule has 0 aliphatic carbocycles. The molecule has 2 aromatic carbocycles. The van der Waals surface area contributed by atoms with E-state index in [1.807, 2.05) is 24.3 Å². The molecule has 0 aliphatic rings. The number of carbonyl (C=O) groups is 3. The summed E-state index contributed by atoms with van der Waals surface area (Å²) in [6, 6.07) is 14.5. The van der Waals surface area contributed by atoms with Crippen molar-refractivity contribution in [3.63, 3.8) is 0 Å². The zero-order valence-corrected chi connectivity index (χ0v) is 21.0. The van der Waals surface area contributed by atoms with Gasteiger partial charge in [0.15, 0.2) is 0 Å². The molecule has 1 atom stereocenters. The fraction of sp³-hybridized carbons (Fsp3) is 0.318. The maximum atomic E-state index is 12.6. The van der Waals surface area contributed by atoms with Crippen LogP contribution in [0.4, 0.5) is 0 Å². The maximum Gasteiger partial charge on any atom is 0.303 e. The van der Waals surface area contributed by atoms with Gasteiger partial charge in [0.1, 0.15) is 0 Å². The second kappa shape index (κ2) is 13.3. The number of benzene rings is 2. The highest BCUT2D eigenvalue weighted by Crippen LogP contribution is 2.28. The van der Waals surface area contributed by atoms with E-state index in [1.165, 1.54) is 23.5 Å². The van der Waals surface area contributed by atoms with Crippen molar-refractivity contribution < 1.29 is 19.5 Å². The average molecular weight is 574 g/mol. The van der Waals surface area contributed by atoms with Crippen molar-refractivity contribution in [1.29, 1.82) is 0 Å². The summed E-state index contributed by atoms with van der Waals surface area (Å²) >= 11 is 9.26. The van der Waals surface area contributed by atoms with Crippen LogP contribution in [0, 0.1) is 0 Å². The van der Waals surface area contributed by atoms with Gasteiger partial charge in [0.2, 0.25) is 10.2 Å². The number of hydrogen-bond donors (Lipinski definition) is 1. The first kappa shape index (κ1) is 25.2. The molecule has 0 fully saturated rings. The van der Waals surface area contributed by atoms with Gasteiger partial charge in [-0.2, -0.15) is 0 Å². The first-order chi connectivity index (χ1) is 14.3. The molecule has 160 valence electrons. The van der Waals surface area contributed by atoms with Crippen molar-refractivity contribution in [3.05, 3.63) is 68.6 Å². The Balaban J connectivity index is 1.90. The van der Waals surface area contributed by atoms with E-state index in [2.05, 4.69) is 31.9 Å². The molecule has 0 amide bonds. The van der Waals surface area contributed by atoms with Crippen LogP contribution in [0.3, 0.4) is 0 Å². The molecule has 30 heavy (non-hydrogen) atoms. The standard InChI is InChI=1S/C22H22Br2O4S2/c23-17-9-5-15(6-10-17)21(27)29-14-13-19(3-1-2-4-20(25)26)30-22(28)16-7-11-18(24)12-8-16/h5-12,19H,1-4,13-14H2,(H,25,26). The molecule has 0 radical (unpaired) electrons. The normalized spacial score (nSPS) is 11.8. The predicted octanol–water partition coefficient (Wildman–Crippen LogP) is 7.06. The van der Waals surface area contributed by atoms with Crippen LogP contribution in [0.5, 0.6) is 0 Å². The van der Waals surface area contributed by atoms with Crippen LogP contribution in [0.15, 0.2) is 57.5 Å². The van der Waals surface area contributed by atoms with Crippen LogP contribution in [0.1, 0.15) is 52.8 Å². The minimum absolute atomic E-state index is 0.00466. The molecule has 2 rings (SSSR count). The summed E-state index contributed by atoms with van der Waals surface area (Å²) in [5, 5.41) is 8.86. The van der Waals surface area contributed by atoms with Crippen molar-refractivity contribution >= 4 is 71.6 Å². The van der Waals surface area contributed by atoms with E-state index in [9.17, 15) is 14.4 Å². The number of aliphatic carboxylic acids is 1. The van der Waals surface area contributed by atoms with E-state index in [4.69, 9.17) is 5.11 Å². The second-order valence-corrected chi connectivity index (χ2v) is 10.8. The molecule has 0 saturated carbocycles. The van der Waals surface area contributed by atoms with Crippen LogP contribution >= 0.6 is 55.4 Å². The zero-order valence-electron chi connectivity index (χ0n) is 16.2. The Hall–Kier alpha value is -1.09. The van der Waals surface area contributed by atoms with Gasteiger partial charge >= 0.3 is 5.97 Å². The van der Waals surface area contributed by atoms with Crippen LogP contribution < -0.4 is 0 Å². The lowest BCUT2D eigenvalue weighted by Gasteiger charge is -2.15. The van der Waals surface area contributed by atoms with Crippen molar-refractivity contribution in [2.75, 3.05) is 5.75 Å². The Morgan fingerprint density at radius 1 is 0.800 bits per heavy atom. The lowest BCUT2D eigenvalue weighted by molar-refractivity contribution is -0.137. The van der Waals surface area contributed by atoms with Gasteiger partial charge in [-0.1, -0.05) is 61.8 Å². The highest BCUT2D eigenvalue weighted by atomic mass is 79.9. The van der Waals surface area contributed by atoms with Gasteiger partial charge in [0.25, 0.3) is 0 Å². The van der Waals surface area contributed by atoms with Crippen LogP contribution in [0.2, 0.25) is 0 Å². The highest BCUT2D eigenvalue weighted by Gasteiger charge is 2.17. The van der Waals surface area contributed by atoms with Gasteiger partial charge in [-0.05, 0) is 67.8 Å². The summed E-state index contributed by atoms with van der Waals surface area (Å²) < 4.78 is 1.84. The quantitative estimate of drug-likeness (QED) is 0.290. The molecular weight excluding hydrogens is 552 g/mol. The highest BCUT2D eigenvalue weighted by molar-refractivity contribution is 9.10. The van der Waals surface area contributed by atoms with E-state index in [0.29, 0.717) is 29.7 Å². The van der Waals surface area contributed by atoms with Crippen molar-refractivity contribution in [1.82, 2.24) is 0 Å². The maximum absolute atomic E-state index is 12.6. The van der Waals surface area contributed by atoms with E-state index >= 15 is 0 Å². The fourth-order valence-electron chi connectivity index (χ4n) is 2.67. The molecule has 2 aromatic rings. The fourth-order valence-corrected chi connectivity index (χ4v) is 5.33. The van der Waals surface area contributed by atoms with Crippen molar-refractivity contribution in [3.8, 4) is 0 Å². The minimum atomic E-state index is -0.805. The summed E-state index contributed by atoms with van der Waals surface area (Å²) in [7, 11) is 0. The summed E-state index contributed by atoms with van der Waals surface area (Å²) in [5.74, 6) is -0.195. The van der Waals surface area contributed by atoms with Gasteiger partial charge in [-0.25, -0.2) is 0 Å². The molecule has 0 saturated heterocycles. The van der Waals surface area contributed by atoms with Crippen LogP contribution in [0.25, 0.3) is 0 Å². The molecule has 8 heteroatoms. The molecule has 0 heterocycles. The molecule has 0 aromatic heterocycles. The Morgan fingerprint density at radius 2 is 1.33 bits per heavy atom. The third-order valence-corrected chi connectivity index (χ3v) is 7.52. The molecule has 0 aliphatic heterocycles. The lowest BCUT2D eigenvalue weighted by Crippen LogP contribution is -2.10. The molecule has 1 unspecified atom stereocenters. The Labute approximate surface area is 201 Å². The SMILES string of the molecule is O=C(O)CCCCC(CCSC(=O)c1ccc(Br)cc1)SC(=O)c1ccc(Br)cc1. The van der Waals surface area contributed by atoms with Gasteiger partial charge in [-0.15, -0.1) is 0 Å². The molecule has 0 spiro atoms. The second-order valence-electron chi connectivity index (χ2n) is 6.61. The van der Waals surface area contributed by atoms with Gasteiger partial charge in [0.05, 0.1) is 0 Å². The van der Waals surface area contributed by atoms with Crippen LogP contribution in [-0.2, 0) is 4.79 Å². The predicted molar refractivity (Wildman–Crippen MR) is 132 cm³/mol. The molecule has 1 N–H and O–H groups in total. The third kappa shape index (κ3) is 9.37. The molecule has 4 nitrogen and oxygen atoms in total. The van der Waals surface area contributed by atoms with Crippen molar-refractivity contribution in [2.24, 2.45) is 0 Å². The van der Waals surface area contributed by atoms with E-state index < -0.39 is 5.97 Å². The van der Waals surface area contributed by atoms with E-state index in [-0.39, 0.29) is 21.9 Å². The topological polar surface area (TPSA) is 71.4 Å². The Kier molecular flexibility index (Phi) is 11.2. The lowest BCUT2D eigenvalue weighted by atomic mass is 10.1. The molecular formula is C22H22Br2O4S2. The largest absolute Gasteiger partial charge is 0.481 e. The van der Waals surface area contributed by atoms with Crippen LogP contribution in [-0.4, -0.2) is 32.3 Å². The Morgan fingerprint density at radius 3 is 1.87 bits per heavy atom. The first-order valence-electron chi connectivity index (χ1n) is 9.46. The molecule has 0 bridgehead atoms. The number of carboxylic acid groups (broad SMARTS) is 1. The number of unbranched alkanes of at least 4 members (excludes halogenated alkanes) is 1. The average Bonchev–Trinajstić information content (AvgIpc) is 2.71. The number of carboxylic acids is 1. The van der Waals surface area contributed by atoms with Gasteiger partial charge < -0.3 is 5.11 Å². The monoisotopic (exact) mass is 572 g/mol. The summed E-state index contributed by atoms with van der Waals surface area (Å²) in [5.41, 5.74) is 1.29. The number of hydrogen-bond acceptors (Lipinski definition) is 5. The Bertz CT molecular complexity index is 854. The smallest absolute Gasteiger partial charge is 0.303 e. The zero-order chi connectivity index (χ0) is 21.9. The minimum Gasteiger partial charge on any atom is -0.481 e. The summed E-state index contributed by atoms with van der Waals surface area (Å²) in [6.45, 7) is 0. The number of carbonyl (C=O) groups excluding carboxylic acids is 2. The number of thioether (sulfide) groups is 2.